The number of aliphatic hydroxyl groups is 1. The van der Waals surface area contributed by atoms with Crippen molar-refractivity contribution in [1.29, 1.82) is 0 Å². The number of primary amides is 1. The third-order valence-corrected chi connectivity index (χ3v) is 4.42. The van der Waals surface area contributed by atoms with Crippen LogP contribution in [-0.2, 0) is 0 Å². The van der Waals surface area contributed by atoms with Crippen LogP contribution in [0.3, 0.4) is 0 Å². The molecule has 6 heteroatoms. The van der Waals surface area contributed by atoms with Crippen LogP contribution in [0.1, 0.15) is 53.4 Å². The number of hydrogen-bond donors (Lipinski definition) is 2. The van der Waals surface area contributed by atoms with Gasteiger partial charge in [0.05, 0.1) is 5.69 Å². The Bertz CT molecular complexity index is 821. The van der Waals surface area contributed by atoms with Crippen molar-refractivity contribution >= 4 is 17.5 Å². The molecule has 1 amide bonds. The van der Waals surface area contributed by atoms with E-state index >= 15 is 0 Å². The smallest absolute Gasteiger partial charge is 0.287 e. The fraction of sp³-hybridized carbons (Fsp3) is 0.333. The number of halogens is 1. The molecule has 1 aliphatic rings. The first-order chi connectivity index (χ1) is 11.5. The second-order valence-electron chi connectivity index (χ2n) is 6.07. The number of aromatic nitrogens is 1. The van der Waals surface area contributed by atoms with Gasteiger partial charge in [-0.2, -0.15) is 0 Å². The van der Waals surface area contributed by atoms with Gasteiger partial charge >= 0.3 is 0 Å². The predicted octanol–water partition coefficient (Wildman–Crippen LogP) is 2.87. The molecule has 124 valence electrons. The fourth-order valence-corrected chi connectivity index (χ4v) is 3.16. The summed E-state index contributed by atoms with van der Waals surface area (Å²) in [4.78, 5) is 11.1. The van der Waals surface area contributed by atoms with Crippen molar-refractivity contribution in [3.63, 3.8) is 0 Å². The maximum absolute atomic E-state index is 11.1. The number of nitrogens with zero attached hydrogens (tertiary/aromatic N) is 1. The van der Waals surface area contributed by atoms with Gasteiger partial charge in [0.15, 0.2) is 0 Å². The summed E-state index contributed by atoms with van der Waals surface area (Å²) in [6.45, 7) is 0. The lowest BCUT2D eigenvalue weighted by atomic mass is 9.77. The maximum Gasteiger partial charge on any atom is 0.287 e. The van der Waals surface area contributed by atoms with Gasteiger partial charge in [-0.25, -0.2) is 0 Å². The van der Waals surface area contributed by atoms with E-state index in [0.29, 0.717) is 23.6 Å². The van der Waals surface area contributed by atoms with Crippen LogP contribution in [0, 0.1) is 11.8 Å². The molecule has 1 aromatic heterocycles. The molecule has 5 nitrogen and oxygen atoms in total. The van der Waals surface area contributed by atoms with E-state index in [0.717, 1.165) is 18.4 Å². The third kappa shape index (κ3) is 3.78. The number of hydrogen-bond acceptors (Lipinski definition) is 4. The van der Waals surface area contributed by atoms with Gasteiger partial charge in [-0.15, -0.1) is 0 Å². The van der Waals surface area contributed by atoms with Crippen LogP contribution < -0.4 is 5.73 Å². The van der Waals surface area contributed by atoms with Gasteiger partial charge in [0, 0.05) is 22.6 Å². The van der Waals surface area contributed by atoms with E-state index in [2.05, 4.69) is 17.0 Å². The number of carbonyl (C=O) groups is 1. The first-order valence-corrected chi connectivity index (χ1v) is 8.10. The standard InChI is InChI=1S/C18H17ClN2O3/c19-14-5-1-3-12(9-14)6-8-18(23)7-2-4-13(11-18)15-10-16(17(20)22)24-21-15/h1,3,5,9-10,13,23H,2,4,7,11H2,(H2,20,22)/t13-,18+/m1/s1. The molecule has 0 bridgehead atoms. The normalized spacial score (nSPS) is 23.3. The monoisotopic (exact) mass is 344 g/mol. The van der Waals surface area contributed by atoms with Gasteiger partial charge < -0.3 is 15.4 Å². The minimum Gasteiger partial charge on any atom is -0.378 e. The Kier molecular flexibility index (Phi) is 4.61. The lowest BCUT2D eigenvalue weighted by Gasteiger charge is -2.31. The molecule has 0 unspecified atom stereocenters. The highest BCUT2D eigenvalue weighted by molar-refractivity contribution is 6.30. The largest absolute Gasteiger partial charge is 0.378 e. The molecule has 0 spiro atoms. The minimum atomic E-state index is -1.10. The Morgan fingerprint density at radius 1 is 1.46 bits per heavy atom. The Morgan fingerprint density at radius 2 is 2.29 bits per heavy atom. The van der Waals surface area contributed by atoms with E-state index in [1.165, 1.54) is 0 Å². The average molecular weight is 345 g/mol. The van der Waals surface area contributed by atoms with E-state index in [1.807, 2.05) is 12.1 Å². The summed E-state index contributed by atoms with van der Waals surface area (Å²) in [6.07, 6.45) is 2.69. The summed E-state index contributed by atoms with van der Waals surface area (Å²) in [5.74, 6) is 5.32. The Labute approximate surface area is 144 Å². The van der Waals surface area contributed by atoms with Crippen molar-refractivity contribution in [1.82, 2.24) is 5.16 Å². The molecule has 24 heavy (non-hydrogen) atoms. The topological polar surface area (TPSA) is 89.4 Å². The highest BCUT2D eigenvalue weighted by Crippen LogP contribution is 2.38. The number of amides is 1. The summed E-state index contributed by atoms with van der Waals surface area (Å²) in [6, 6.07) is 8.75. The highest BCUT2D eigenvalue weighted by atomic mass is 35.5. The molecular formula is C18H17ClN2O3. The van der Waals surface area contributed by atoms with E-state index in [1.54, 1.807) is 18.2 Å². The zero-order chi connectivity index (χ0) is 17.2. The Balaban J connectivity index is 1.77. The number of nitrogens with two attached hydrogens (primary N) is 1. The van der Waals surface area contributed by atoms with E-state index in [-0.39, 0.29) is 11.7 Å². The fourth-order valence-electron chi connectivity index (χ4n) is 2.97. The zero-order valence-electron chi connectivity index (χ0n) is 13.0. The summed E-state index contributed by atoms with van der Waals surface area (Å²) in [5, 5.41) is 15.3. The van der Waals surface area contributed by atoms with Crippen molar-refractivity contribution in [3.8, 4) is 11.8 Å². The molecule has 1 saturated carbocycles. The second kappa shape index (κ2) is 6.68. The molecule has 1 aromatic carbocycles. The third-order valence-electron chi connectivity index (χ3n) is 4.18. The molecular weight excluding hydrogens is 328 g/mol. The van der Waals surface area contributed by atoms with Gasteiger partial charge in [0.25, 0.3) is 5.91 Å². The summed E-state index contributed by atoms with van der Waals surface area (Å²) < 4.78 is 4.93. The number of rotatable bonds is 2. The summed E-state index contributed by atoms with van der Waals surface area (Å²) in [5.41, 5.74) is 5.47. The first kappa shape index (κ1) is 16.6. The molecule has 0 radical (unpaired) electrons. The van der Waals surface area contributed by atoms with Crippen molar-refractivity contribution in [3.05, 3.63) is 52.4 Å². The molecule has 2 atom stereocenters. The van der Waals surface area contributed by atoms with Crippen molar-refractivity contribution < 1.29 is 14.4 Å². The van der Waals surface area contributed by atoms with Crippen LogP contribution in [0.2, 0.25) is 5.02 Å². The molecule has 3 N–H and O–H groups in total. The first-order valence-electron chi connectivity index (χ1n) is 7.73. The van der Waals surface area contributed by atoms with Crippen molar-refractivity contribution in [2.24, 2.45) is 5.73 Å². The van der Waals surface area contributed by atoms with Gasteiger partial charge in [-0.3, -0.25) is 4.79 Å². The molecule has 0 aliphatic heterocycles. The Hall–Kier alpha value is -2.29. The lowest BCUT2D eigenvalue weighted by molar-refractivity contribution is 0.0509. The van der Waals surface area contributed by atoms with E-state index < -0.39 is 11.5 Å². The van der Waals surface area contributed by atoms with Crippen molar-refractivity contribution in [2.45, 2.75) is 37.2 Å². The molecule has 1 aliphatic carbocycles. The van der Waals surface area contributed by atoms with Crippen LogP contribution in [0.4, 0.5) is 0 Å². The van der Waals surface area contributed by atoms with Gasteiger partial charge in [0.2, 0.25) is 5.76 Å². The van der Waals surface area contributed by atoms with Gasteiger partial charge in [0.1, 0.15) is 5.60 Å². The quantitative estimate of drug-likeness (QED) is 0.820. The maximum atomic E-state index is 11.1. The average Bonchev–Trinajstić information content (AvgIpc) is 3.04. The lowest BCUT2D eigenvalue weighted by Crippen LogP contribution is -2.33. The molecule has 1 heterocycles. The van der Waals surface area contributed by atoms with E-state index in [9.17, 15) is 9.90 Å². The van der Waals surface area contributed by atoms with Crippen LogP contribution in [-0.4, -0.2) is 21.8 Å². The summed E-state index contributed by atoms with van der Waals surface area (Å²) in [7, 11) is 0. The summed E-state index contributed by atoms with van der Waals surface area (Å²) >= 11 is 5.95. The van der Waals surface area contributed by atoms with Crippen LogP contribution >= 0.6 is 11.6 Å². The van der Waals surface area contributed by atoms with Crippen LogP contribution in [0.5, 0.6) is 0 Å². The van der Waals surface area contributed by atoms with Crippen molar-refractivity contribution in [2.75, 3.05) is 0 Å². The molecule has 0 saturated heterocycles. The molecule has 3 rings (SSSR count). The Morgan fingerprint density at radius 3 is 3.00 bits per heavy atom. The highest BCUT2D eigenvalue weighted by Gasteiger charge is 2.35. The number of benzene rings is 1. The van der Waals surface area contributed by atoms with Crippen LogP contribution in [0.15, 0.2) is 34.9 Å². The molecule has 2 aromatic rings. The van der Waals surface area contributed by atoms with Gasteiger partial charge in [-0.05, 0) is 43.9 Å². The van der Waals surface area contributed by atoms with Gasteiger partial charge in [-0.1, -0.05) is 34.7 Å². The van der Waals surface area contributed by atoms with E-state index in [4.69, 9.17) is 21.9 Å². The predicted molar refractivity (Wildman–Crippen MR) is 89.5 cm³/mol. The molecule has 1 fully saturated rings. The second-order valence-corrected chi connectivity index (χ2v) is 6.50. The zero-order valence-corrected chi connectivity index (χ0v) is 13.7. The minimum absolute atomic E-state index is 0.0192. The number of carbonyl (C=O) groups excluding carboxylic acids is 1. The van der Waals surface area contributed by atoms with Crippen LogP contribution in [0.25, 0.3) is 0 Å². The SMILES string of the molecule is NC(=O)c1cc([C@@H]2CCC[C@](O)(C#Cc3cccc(Cl)c3)C2)no1.